The first kappa shape index (κ1) is 23.8. The topological polar surface area (TPSA) is 90.6 Å². The lowest BCUT2D eigenvalue weighted by Crippen LogP contribution is -2.55. The fourth-order valence-corrected chi connectivity index (χ4v) is 10.1. The summed E-state index contributed by atoms with van der Waals surface area (Å²) in [5.41, 5.74) is 7.59. The molecule has 10 heteroatoms. The van der Waals surface area contributed by atoms with Crippen LogP contribution >= 0.6 is 11.6 Å². The summed E-state index contributed by atoms with van der Waals surface area (Å²) in [5, 5.41) is 14.5. The number of nitrogens with zero attached hydrogens (tertiary/aromatic N) is 9. The van der Waals surface area contributed by atoms with Crippen molar-refractivity contribution in [1.82, 2.24) is 43.8 Å². The zero-order valence-electron chi connectivity index (χ0n) is 23.7. The van der Waals surface area contributed by atoms with E-state index >= 15 is 0 Å². The molecular formula is C34H26ClN9. The number of hydrogen-bond donors (Lipinski definition) is 0. The molecule has 4 heterocycles. The second-order valence-electron chi connectivity index (χ2n) is 13.2. The minimum absolute atomic E-state index is 0.0755. The van der Waals surface area contributed by atoms with Crippen molar-refractivity contribution in [3.8, 4) is 33.9 Å². The molecule has 0 atom stereocenters. The van der Waals surface area contributed by atoms with Crippen molar-refractivity contribution in [3.05, 3.63) is 89.2 Å². The molecule has 9 nitrogen and oxygen atoms in total. The van der Waals surface area contributed by atoms with Gasteiger partial charge in [0, 0.05) is 16.5 Å². The summed E-state index contributed by atoms with van der Waals surface area (Å²) in [6.45, 7) is 0. The van der Waals surface area contributed by atoms with Gasteiger partial charge in [-0.3, -0.25) is 0 Å². The molecule has 214 valence electrons. The summed E-state index contributed by atoms with van der Waals surface area (Å²) in [7, 11) is 0. The average molecular weight is 596 g/mol. The van der Waals surface area contributed by atoms with Gasteiger partial charge in [0.15, 0.2) is 11.6 Å². The quantitative estimate of drug-likeness (QED) is 0.226. The van der Waals surface area contributed by atoms with Crippen molar-refractivity contribution < 1.29 is 0 Å². The van der Waals surface area contributed by atoms with Crippen LogP contribution in [0.1, 0.15) is 43.2 Å². The van der Waals surface area contributed by atoms with Gasteiger partial charge < -0.3 is 0 Å². The molecule has 0 unspecified atom stereocenters. The largest absolute Gasteiger partial charge is 0.261 e. The Balaban J connectivity index is 1.18. The Labute approximate surface area is 256 Å². The van der Waals surface area contributed by atoms with E-state index in [9.17, 15) is 0 Å². The van der Waals surface area contributed by atoms with Gasteiger partial charge in [0.1, 0.15) is 0 Å². The Morgan fingerprint density at radius 2 is 1.16 bits per heavy atom. The Morgan fingerprint density at radius 1 is 0.568 bits per heavy atom. The van der Waals surface area contributed by atoms with Crippen LogP contribution in [0.3, 0.4) is 0 Å². The first-order valence-electron chi connectivity index (χ1n) is 15.5. The van der Waals surface area contributed by atoms with E-state index in [4.69, 9.17) is 31.8 Å². The van der Waals surface area contributed by atoms with E-state index < -0.39 is 0 Å². The first-order chi connectivity index (χ1) is 21.7. The maximum atomic E-state index is 6.34. The van der Waals surface area contributed by atoms with Crippen molar-refractivity contribution in [1.29, 1.82) is 0 Å². The van der Waals surface area contributed by atoms with Crippen molar-refractivity contribution in [2.75, 3.05) is 0 Å². The molecule has 5 aliphatic rings. The van der Waals surface area contributed by atoms with Crippen molar-refractivity contribution >= 4 is 28.9 Å². The molecule has 4 aromatic heterocycles. The van der Waals surface area contributed by atoms with Crippen LogP contribution in [-0.2, 0) is 5.41 Å². The van der Waals surface area contributed by atoms with E-state index in [-0.39, 0.29) is 10.7 Å². The van der Waals surface area contributed by atoms with E-state index in [1.54, 1.807) is 13.5 Å². The predicted molar refractivity (Wildman–Crippen MR) is 165 cm³/mol. The van der Waals surface area contributed by atoms with Crippen LogP contribution in [0.2, 0.25) is 5.28 Å². The van der Waals surface area contributed by atoms with Gasteiger partial charge in [-0.1, -0.05) is 72.8 Å². The monoisotopic (exact) mass is 595 g/mol. The summed E-state index contributed by atoms with van der Waals surface area (Å²) < 4.78 is 4.96. The lowest BCUT2D eigenvalue weighted by atomic mass is 9.43. The highest BCUT2D eigenvalue weighted by Crippen LogP contribution is 2.69. The van der Waals surface area contributed by atoms with Crippen LogP contribution in [0.15, 0.2) is 72.8 Å². The Bertz CT molecular complexity index is 2300. The molecule has 0 aliphatic heterocycles. The van der Waals surface area contributed by atoms with Crippen LogP contribution in [0.5, 0.6) is 0 Å². The normalized spacial score (nSPS) is 26.4. The van der Waals surface area contributed by atoms with Crippen molar-refractivity contribution in [2.24, 2.45) is 23.7 Å². The van der Waals surface area contributed by atoms with E-state index in [1.165, 1.54) is 54.4 Å². The third-order valence-electron chi connectivity index (χ3n) is 11.2. The molecule has 4 bridgehead atoms. The zero-order chi connectivity index (χ0) is 28.7. The van der Waals surface area contributed by atoms with Gasteiger partial charge in [-0.05, 0) is 89.6 Å². The highest BCUT2D eigenvalue weighted by molar-refractivity contribution is 6.28. The molecule has 1 spiro atoms. The van der Waals surface area contributed by atoms with Crippen LogP contribution in [0, 0.1) is 23.7 Å². The van der Waals surface area contributed by atoms with Gasteiger partial charge in [0.05, 0.1) is 0 Å². The molecule has 0 N–H and O–H groups in total. The molecule has 12 rings (SSSR count). The fraction of sp³-hybridized carbons (Fsp3) is 0.294. The summed E-state index contributed by atoms with van der Waals surface area (Å²) >= 11 is 6.34. The standard InChI is InChI=1S/C34H26ClN9/c35-30-38-33-43-32(42-31(44(33)41-30)36-28(39-42)20-7-2-1-3-8-20)37-29(40-43)24-10-6-12-26-27(24)23-9-4-5-11-25(23)34(26)21-14-18-13-19(16-21)17-22(34)15-18/h1-12,18-19,21-22H,13-17H2. The van der Waals surface area contributed by atoms with Crippen LogP contribution in [0.25, 0.3) is 51.2 Å². The third kappa shape index (κ3) is 2.82. The van der Waals surface area contributed by atoms with E-state index in [1.807, 2.05) is 30.3 Å². The number of benzene rings is 3. The molecular weight excluding hydrogens is 570 g/mol. The molecule has 44 heavy (non-hydrogen) atoms. The van der Waals surface area contributed by atoms with Gasteiger partial charge in [-0.25, -0.2) is 0 Å². The minimum Gasteiger partial charge on any atom is -0.189 e. The minimum atomic E-state index is 0.0755. The summed E-state index contributed by atoms with van der Waals surface area (Å²) in [4.78, 5) is 14.5. The van der Waals surface area contributed by atoms with Gasteiger partial charge >= 0.3 is 0 Å². The van der Waals surface area contributed by atoms with E-state index in [0.29, 0.717) is 40.8 Å². The molecule has 0 amide bonds. The lowest BCUT2D eigenvalue weighted by molar-refractivity contribution is -0.0399. The molecule has 5 aliphatic carbocycles. The highest BCUT2D eigenvalue weighted by Gasteiger charge is 2.61. The van der Waals surface area contributed by atoms with E-state index in [2.05, 4.69) is 52.5 Å². The summed E-state index contributed by atoms with van der Waals surface area (Å²) in [6, 6.07) is 25.8. The van der Waals surface area contributed by atoms with Crippen LogP contribution < -0.4 is 0 Å². The SMILES string of the molecule is Clc1nc2n(n1)c1nc(-c3ccccc3)nn1c1nc(-c3cccc4c3-c3ccccc3C43C4CC5CC(C4)CC3C5)nn21. The number of rotatable bonds is 2. The zero-order valence-corrected chi connectivity index (χ0v) is 24.4. The van der Waals surface area contributed by atoms with Crippen molar-refractivity contribution in [3.63, 3.8) is 0 Å². The molecule has 0 radical (unpaired) electrons. The number of hydrogen-bond acceptors (Lipinski definition) is 6. The second kappa shape index (κ2) is 8.09. The number of aromatic nitrogens is 9. The first-order valence-corrected chi connectivity index (χ1v) is 15.9. The van der Waals surface area contributed by atoms with Gasteiger partial charge in [-0.2, -0.15) is 28.5 Å². The van der Waals surface area contributed by atoms with Crippen LogP contribution in [-0.4, -0.2) is 43.8 Å². The number of halogens is 1. The fourth-order valence-electron chi connectivity index (χ4n) is 9.91. The molecule has 0 saturated heterocycles. The smallest absolute Gasteiger partial charge is 0.189 e. The van der Waals surface area contributed by atoms with Gasteiger partial charge in [0.2, 0.25) is 5.28 Å². The van der Waals surface area contributed by atoms with E-state index in [0.717, 1.165) is 23.0 Å². The highest BCUT2D eigenvalue weighted by atomic mass is 35.5. The summed E-state index contributed by atoms with van der Waals surface area (Å²) in [5.74, 6) is 5.78. The van der Waals surface area contributed by atoms with Crippen LogP contribution in [0.4, 0.5) is 0 Å². The van der Waals surface area contributed by atoms with Gasteiger partial charge in [-0.15, -0.1) is 15.3 Å². The molecule has 7 aromatic rings. The lowest BCUT2D eigenvalue weighted by Gasteiger charge is -2.61. The third-order valence-corrected chi connectivity index (χ3v) is 11.3. The summed E-state index contributed by atoms with van der Waals surface area (Å²) in [6.07, 6.45) is 6.82. The molecule has 4 fully saturated rings. The average Bonchev–Trinajstić information content (AvgIpc) is 3.82. The Kier molecular flexibility index (Phi) is 4.37. The molecule has 3 aromatic carbocycles. The Morgan fingerprint density at radius 3 is 1.93 bits per heavy atom. The predicted octanol–water partition coefficient (Wildman–Crippen LogP) is 6.52. The molecule has 4 saturated carbocycles. The number of fused-ring (bicyclic) bond motifs is 9. The van der Waals surface area contributed by atoms with Crippen molar-refractivity contribution in [2.45, 2.75) is 37.5 Å². The van der Waals surface area contributed by atoms with Gasteiger partial charge in [0.25, 0.3) is 17.3 Å². The Hall–Kier alpha value is -4.63. The second-order valence-corrected chi connectivity index (χ2v) is 13.5. The maximum absolute atomic E-state index is 6.34. The maximum Gasteiger partial charge on any atom is 0.261 e.